The monoisotopic (exact) mass is 285 g/mol. The molecule has 0 radical (unpaired) electrons. The number of nitrogens with zero attached hydrogens (tertiary/aromatic N) is 2. The molecule has 1 N–H and O–H groups in total. The van der Waals surface area contributed by atoms with Gasteiger partial charge in [0.15, 0.2) is 0 Å². The lowest BCUT2D eigenvalue weighted by atomic mass is 10.1. The summed E-state index contributed by atoms with van der Waals surface area (Å²) in [7, 11) is 1.84. The Bertz CT molecular complexity index is 409. The number of nitrogens with one attached hydrogen (secondary N) is 1. The number of aryl methyl sites for hydroxylation is 1. The van der Waals surface area contributed by atoms with Crippen molar-refractivity contribution in [2.45, 2.75) is 19.8 Å². The number of amides is 1. The Kier molecular flexibility index (Phi) is 3.06. The molecule has 16 heavy (non-hydrogen) atoms. The molecule has 1 fully saturated rings. The summed E-state index contributed by atoms with van der Waals surface area (Å²) in [5.41, 5.74) is 1.89. The molecule has 0 aromatic carbocycles. The molecule has 0 unspecified atom stereocenters. The first kappa shape index (κ1) is 11.6. The van der Waals surface area contributed by atoms with Crippen LogP contribution in [0.25, 0.3) is 0 Å². The SMILES string of the molecule is Cc1c(C(=O)NCC2(CBr)CC2)cnn1C. The number of rotatable bonds is 4. The summed E-state index contributed by atoms with van der Waals surface area (Å²) in [5.74, 6) is -0.0159. The van der Waals surface area contributed by atoms with E-state index in [1.807, 2.05) is 14.0 Å². The molecule has 5 heteroatoms. The molecule has 1 aliphatic rings. The molecule has 4 nitrogen and oxygen atoms in total. The van der Waals surface area contributed by atoms with Gasteiger partial charge in [-0.05, 0) is 25.2 Å². The smallest absolute Gasteiger partial charge is 0.254 e. The molecule has 2 rings (SSSR count). The van der Waals surface area contributed by atoms with E-state index < -0.39 is 0 Å². The van der Waals surface area contributed by atoms with Gasteiger partial charge in [0.05, 0.1) is 11.8 Å². The van der Waals surface area contributed by atoms with Crippen LogP contribution < -0.4 is 5.32 Å². The number of carbonyl (C=O) groups excluding carboxylic acids is 1. The first-order valence-corrected chi connectivity index (χ1v) is 6.53. The average Bonchev–Trinajstić information content (AvgIpc) is 2.99. The summed E-state index contributed by atoms with van der Waals surface area (Å²) >= 11 is 3.49. The minimum atomic E-state index is -0.0159. The van der Waals surface area contributed by atoms with Crippen molar-refractivity contribution in [2.75, 3.05) is 11.9 Å². The summed E-state index contributed by atoms with van der Waals surface area (Å²) in [6.45, 7) is 2.66. The second-order valence-electron chi connectivity index (χ2n) is 4.58. The van der Waals surface area contributed by atoms with Crippen molar-refractivity contribution in [3.05, 3.63) is 17.5 Å². The normalized spacial score (nSPS) is 17.2. The van der Waals surface area contributed by atoms with E-state index in [-0.39, 0.29) is 5.91 Å². The van der Waals surface area contributed by atoms with Gasteiger partial charge in [-0.3, -0.25) is 9.48 Å². The molecule has 1 aliphatic carbocycles. The molecular formula is C11H16BrN3O. The second kappa shape index (κ2) is 4.20. The summed E-state index contributed by atoms with van der Waals surface area (Å²) in [5, 5.41) is 8.01. The maximum absolute atomic E-state index is 11.9. The van der Waals surface area contributed by atoms with Crippen molar-refractivity contribution in [1.29, 1.82) is 0 Å². The third-order valence-corrected chi connectivity index (χ3v) is 4.53. The Morgan fingerprint density at radius 3 is 2.81 bits per heavy atom. The van der Waals surface area contributed by atoms with Crippen molar-refractivity contribution in [3.63, 3.8) is 0 Å². The first-order chi connectivity index (χ1) is 7.58. The molecule has 1 aromatic rings. The zero-order valence-electron chi connectivity index (χ0n) is 9.59. The van der Waals surface area contributed by atoms with Gasteiger partial charge < -0.3 is 5.32 Å². The molecule has 0 saturated heterocycles. The fourth-order valence-electron chi connectivity index (χ4n) is 1.62. The van der Waals surface area contributed by atoms with E-state index in [1.165, 1.54) is 12.8 Å². The van der Waals surface area contributed by atoms with Gasteiger partial charge in [0.2, 0.25) is 0 Å². The zero-order chi connectivity index (χ0) is 11.8. The van der Waals surface area contributed by atoms with Crippen molar-refractivity contribution in [3.8, 4) is 0 Å². The Hall–Kier alpha value is -0.840. The highest BCUT2D eigenvalue weighted by atomic mass is 79.9. The number of hydrogen-bond donors (Lipinski definition) is 1. The van der Waals surface area contributed by atoms with Gasteiger partial charge in [-0.15, -0.1) is 0 Å². The van der Waals surface area contributed by atoms with Crippen LogP contribution in [-0.2, 0) is 7.05 Å². The first-order valence-electron chi connectivity index (χ1n) is 5.41. The highest BCUT2D eigenvalue weighted by Crippen LogP contribution is 2.46. The molecule has 1 amide bonds. The molecule has 1 heterocycles. The van der Waals surface area contributed by atoms with Crippen LogP contribution in [0.2, 0.25) is 0 Å². The number of carbonyl (C=O) groups is 1. The predicted molar refractivity (Wildman–Crippen MR) is 65.7 cm³/mol. The number of hydrogen-bond acceptors (Lipinski definition) is 2. The van der Waals surface area contributed by atoms with E-state index in [4.69, 9.17) is 0 Å². The molecule has 88 valence electrons. The van der Waals surface area contributed by atoms with E-state index in [0.717, 1.165) is 17.6 Å². The van der Waals surface area contributed by atoms with E-state index in [9.17, 15) is 4.79 Å². The van der Waals surface area contributed by atoms with Gasteiger partial charge in [0, 0.05) is 24.6 Å². The van der Waals surface area contributed by atoms with Crippen molar-refractivity contribution in [1.82, 2.24) is 15.1 Å². The standard InChI is InChI=1S/C11H16BrN3O/c1-8-9(5-14-15(8)2)10(16)13-7-11(6-12)3-4-11/h5H,3-4,6-7H2,1-2H3,(H,13,16). The van der Waals surface area contributed by atoms with E-state index in [2.05, 4.69) is 26.3 Å². The molecule has 0 atom stereocenters. The fourth-order valence-corrected chi connectivity index (χ4v) is 2.38. The van der Waals surface area contributed by atoms with Gasteiger partial charge in [-0.2, -0.15) is 5.10 Å². The van der Waals surface area contributed by atoms with Crippen LogP contribution in [0, 0.1) is 12.3 Å². The number of aromatic nitrogens is 2. The summed E-state index contributed by atoms with van der Waals surface area (Å²) < 4.78 is 1.71. The van der Waals surface area contributed by atoms with Crippen LogP contribution in [0.1, 0.15) is 28.9 Å². The predicted octanol–water partition coefficient (Wildman–Crippen LogP) is 1.63. The second-order valence-corrected chi connectivity index (χ2v) is 5.14. The maximum atomic E-state index is 11.9. The van der Waals surface area contributed by atoms with Gasteiger partial charge in [0.25, 0.3) is 5.91 Å². The Morgan fingerprint density at radius 2 is 2.38 bits per heavy atom. The molecule has 0 aliphatic heterocycles. The van der Waals surface area contributed by atoms with E-state index >= 15 is 0 Å². The quantitative estimate of drug-likeness (QED) is 0.855. The summed E-state index contributed by atoms with van der Waals surface area (Å²) in [6.07, 6.45) is 4.02. The van der Waals surface area contributed by atoms with Crippen molar-refractivity contribution >= 4 is 21.8 Å². The Morgan fingerprint density at radius 1 is 1.69 bits per heavy atom. The average molecular weight is 286 g/mol. The van der Waals surface area contributed by atoms with Crippen LogP contribution in [0.5, 0.6) is 0 Å². The summed E-state index contributed by atoms with van der Waals surface area (Å²) in [4.78, 5) is 11.9. The lowest BCUT2D eigenvalue weighted by Crippen LogP contribution is -2.31. The summed E-state index contributed by atoms with van der Waals surface area (Å²) in [6, 6.07) is 0. The minimum absolute atomic E-state index is 0.0159. The minimum Gasteiger partial charge on any atom is -0.351 e. The van der Waals surface area contributed by atoms with Crippen LogP contribution in [0.15, 0.2) is 6.20 Å². The molecule has 1 aromatic heterocycles. The van der Waals surface area contributed by atoms with E-state index in [1.54, 1.807) is 10.9 Å². The lowest BCUT2D eigenvalue weighted by molar-refractivity contribution is 0.0946. The highest BCUT2D eigenvalue weighted by molar-refractivity contribution is 9.09. The lowest BCUT2D eigenvalue weighted by Gasteiger charge is -2.12. The largest absolute Gasteiger partial charge is 0.351 e. The Labute approximate surface area is 104 Å². The van der Waals surface area contributed by atoms with Gasteiger partial charge >= 0.3 is 0 Å². The fraction of sp³-hybridized carbons (Fsp3) is 0.636. The van der Waals surface area contributed by atoms with Crippen LogP contribution in [0.4, 0.5) is 0 Å². The van der Waals surface area contributed by atoms with Gasteiger partial charge in [-0.25, -0.2) is 0 Å². The molecular weight excluding hydrogens is 270 g/mol. The maximum Gasteiger partial charge on any atom is 0.254 e. The van der Waals surface area contributed by atoms with E-state index in [0.29, 0.717) is 11.0 Å². The third-order valence-electron chi connectivity index (χ3n) is 3.34. The third kappa shape index (κ3) is 2.14. The van der Waals surface area contributed by atoms with Crippen LogP contribution >= 0.6 is 15.9 Å². The van der Waals surface area contributed by atoms with Crippen LogP contribution in [0.3, 0.4) is 0 Å². The van der Waals surface area contributed by atoms with Crippen molar-refractivity contribution in [2.24, 2.45) is 12.5 Å². The van der Waals surface area contributed by atoms with Crippen molar-refractivity contribution < 1.29 is 4.79 Å². The van der Waals surface area contributed by atoms with Crippen LogP contribution in [-0.4, -0.2) is 27.6 Å². The molecule has 0 spiro atoms. The molecule has 0 bridgehead atoms. The zero-order valence-corrected chi connectivity index (χ0v) is 11.2. The topological polar surface area (TPSA) is 46.9 Å². The number of alkyl halides is 1. The molecule has 1 saturated carbocycles. The van der Waals surface area contributed by atoms with Gasteiger partial charge in [0.1, 0.15) is 0 Å². The number of halogens is 1. The Balaban J connectivity index is 1.96. The highest BCUT2D eigenvalue weighted by Gasteiger charge is 2.41. The van der Waals surface area contributed by atoms with Gasteiger partial charge in [-0.1, -0.05) is 15.9 Å².